The van der Waals surface area contributed by atoms with Gasteiger partial charge in [-0.3, -0.25) is 9.59 Å². The molecule has 12 heavy (non-hydrogen) atoms. The molecule has 0 saturated heterocycles. The monoisotopic (exact) mass is 180 g/mol. The van der Waals surface area contributed by atoms with Crippen LogP contribution >= 0.6 is 11.3 Å². The zero-order chi connectivity index (χ0) is 8.55. The van der Waals surface area contributed by atoms with Gasteiger partial charge in [0, 0.05) is 6.42 Å². The number of ketones is 1. The first-order valence-corrected chi connectivity index (χ1v) is 4.74. The van der Waals surface area contributed by atoms with Crippen LogP contribution in [0.5, 0.6) is 0 Å². The van der Waals surface area contributed by atoms with Crippen molar-refractivity contribution in [1.29, 1.82) is 0 Å². The molecule has 0 aromatic carbocycles. The Bertz CT molecular complexity index is 338. The molecule has 0 N–H and O–H groups in total. The minimum atomic E-state index is 0.203. The predicted molar refractivity (Wildman–Crippen MR) is 47.0 cm³/mol. The van der Waals surface area contributed by atoms with Gasteiger partial charge >= 0.3 is 0 Å². The number of hydrogen-bond donors (Lipinski definition) is 0. The SMILES string of the molecule is O=Cc1cc2c(s1)C(=O)CCC2. The van der Waals surface area contributed by atoms with Crippen molar-refractivity contribution in [3.05, 3.63) is 21.4 Å². The Morgan fingerprint density at radius 1 is 1.42 bits per heavy atom. The summed E-state index contributed by atoms with van der Waals surface area (Å²) in [7, 11) is 0. The van der Waals surface area contributed by atoms with E-state index in [4.69, 9.17) is 0 Å². The zero-order valence-corrected chi connectivity index (χ0v) is 7.32. The van der Waals surface area contributed by atoms with Crippen LogP contribution < -0.4 is 0 Å². The number of hydrogen-bond acceptors (Lipinski definition) is 3. The molecular weight excluding hydrogens is 172 g/mol. The molecule has 0 bridgehead atoms. The summed E-state index contributed by atoms with van der Waals surface area (Å²) in [5.41, 5.74) is 1.07. The standard InChI is InChI=1S/C9H8O2S/c10-5-7-4-6-2-1-3-8(11)9(6)12-7/h4-5H,1-3H2. The van der Waals surface area contributed by atoms with Crippen LogP contribution in [-0.2, 0) is 6.42 Å². The Morgan fingerprint density at radius 3 is 2.92 bits per heavy atom. The van der Waals surface area contributed by atoms with Crippen molar-refractivity contribution >= 4 is 23.4 Å². The van der Waals surface area contributed by atoms with Crippen LogP contribution in [0.2, 0.25) is 0 Å². The van der Waals surface area contributed by atoms with Crippen molar-refractivity contribution in [2.45, 2.75) is 19.3 Å². The lowest BCUT2D eigenvalue weighted by molar-refractivity contribution is 0.0976. The van der Waals surface area contributed by atoms with Gasteiger partial charge in [0.05, 0.1) is 9.75 Å². The van der Waals surface area contributed by atoms with Gasteiger partial charge in [0.25, 0.3) is 0 Å². The average molecular weight is 180 g/mol. The first-order valence-electron chi connectivity index (χ1n) is 3.92. The van der Waals surface area contributed by atoms with Crippen LogP contribution in [-0.4, -0.2) is 12.1 Å². The summed E-state index contributed by atoms with van der Waals surface area (Å²) < 4.78 is 0. The maximum Gasteiger partial charge on any atom is 0.173 e. The molecule has 1 aromatic heterocycles. The van der Waals surface area contributed by atoms with E-state index in [1.165, 1.54) is 11.3 Å². The number of carbonyl (C=O) groups is 2. The van der Waals surface area contributed by atoms with Gasteiger partial charge in [-0.15, -0.1) is 11.3 Å². The second-order valence-corrected chi connectivity index (χ2v) is 3.98. The molecule has 2 rings (SSSR count). The predicted octanol–water partition coefficient (Wildman–Crippen LogP) is 2.08. The fourth-order valence-corrected chi connectivity index (χ4v) is 2.48. The third-order valence-corrected chi connectivity index (χ3v) is 3.19. The van der Waals surface area contributed by atoms with E-state index in [1.807, 2.05) is 6.07 Å². The number of aldehydes is 1. The molecule has 62 valence electrons. The van der Waals surface area contributed by atoms with Gasteiger partial charge in [-0.1, -0.05) is 0 Å². The first kappa shape index (κ1) is 7.68. The van der Waals surface area contributed by atoms with Crippen LogP contribution in [0.4, 0.5) is 0 Å². The maximum atomic E-state index is 11.3. The summed E-state index contributed by atoms with van der Waals surface area (Å²) in [4.78, 5) is 23.2. The van der Waals surface area contributed by atoms with Crippen LogP contribution in [0, 0.1) is 0 Å². The third-order valence-electron chi connectivity index (χ3n) is 2.05. The minimum Gasteiger partial charge on any atom is -0.297 e. The summed E-state index contributed by atoms with van der Waals surface area (Å²) in [5, 5.41) is 0. The molecule has 1 aliphatic rings. The lowest BCUT2D eigenvalue weighted by atomic mass is 9.98. The van der Waals surface area contributed by atoms with Gasteiger partial charge in [0.2, 0.25) is 0 Å². The van der Waals surface area contributed by atoms with Gasteiger partial charge in [-0.05, 0) is 24.5 Å². The lowest BCUT2D eigenvalue weighted by Crippen LogP contribution is -2.06. The van der Waals surface area contributed by atoms with Crippen molar-refractivity contribution < 1.29 is 9.59 Å². The molecule has 0 spiro atoms. The number of carbonyl (C=O) groups excluding carboxylic acids is 2. The number of aryl methyl sites for hydroxylation is 1. The first-order chi connectivity index (χ1) is 5.81. The highest BCUT2D eigenvalue weighted by molar-refractivity contribution is 7.15. The molecule has 0 aliphatic heterocycles. The molecule has 1 heterocycles. The summed E-state index contributed by atoms with van der Waals surface area (Å²) >= 11 is 1.33. The maximum absolute atomic E-state index is 11.3. The number of Topliss-reactive ketones (excluding diaryl/α,β-unsaturated/α-hetero) is 1. The van der Waals surface area contributed by atoms with Crippen molar-refractivity contribution in [3.8, 4) is 0 Å². The molecule has 0 amide bonds. The molecule has 0 unspecified atom stereocenters. The van der Waals surface area contributed by atoms with E-state index in [0.29, 0.717) is 11.3 Å². The summed E-state index contributed by atoms with van der Waals surface area (Å²) in [6.07, 6.45) is 3.34. The van der Waals surface area contributed by atoms with Crippen molar-refractivity contribution in [3.63, 3.8) is 0 Å². The molecule has 0 saturated carbocycles. The lowest BCUT2D eigenvalue weighted by Gasteiger charge is -2.07. The Hall–Kier alpha value is -0.960. The Balaban J connectivity index is 2.50. The highest BCUT2D eigenvalue weighted by Crippen LogP contribution is 2.28. The van der Waals surface area contributed by atoms with Gasteiger partial charge in [-0.2, -0.15) is 0 Å². The van der Waals surface area contributed by atoms with Crippen molar-refractivity contribution in [1.82, 2.24) is 0 Å². The Kier molecular flexibility index (Phi) is 1.81. The van der Waals surface area contributed by atoms with Gasteiger partial charge in [-0.25, -0.2) is 0 Å². The molecule has 3 heteroatoms. The van der Waals surface area contributed by atoms with Crippen LogP contribution in [0.1, 0.15) is 37.7 Å². The van der Waals surface area contributed by atoms with Crippen LogP contribution in [0.25, 0.3) is 0 Å². The Labute approximate surface area is 74.2 Å². The minimum absolute atomic E-state index is 0.203. The van der Waals surface area contributed by atoms with Crippen molar-refractivity contribution in [2.24, 2.45) is 0 Å². The van der Waals surface area contributed by atoms with E-state index in [0.717, 1.165) is 29.6 Å². The zero-order valence-electron chi connectivity index (χ0n) is 6.50. The Morgan fingerprint density at radius 2 is 2.25 bits per heavy atom. The van der Waals surface area contributed by atoms with E-state index >= 15 is 0 Å². The van der Waals surface area contributed by atoms with Crippen LogP contribution in [0.3, 0.4) is 0 Å². The highest BCUT2D eigenvalue weighted by atomic mass is 32.1. The molecule has 0 atom stereocenters. The normalized spacial score (nSPS) is 15.8. The smallest absolute Gasteiger partial charge is 0.173 e. The highest BCUT2D eigenvalue weighted by Gasteiger charge is 2.19. The number of fused-ring (bicyclic) bond motifs is 1. The molecule has 2 nitrogen and oxygen atoms in total. The average Bonchev–Trinajstić information content (AvgIpc) is 2.49. The van der Waals surface area contributed by atoms with Gasteiger partial charge in [0.1, 0.15) is 0 Å². The topological polar surface area (TPSA) is 34.1 Å². The number of thiophene rings is 1. The van der Waals surface area contributed by atoms with E-state index < -0.39 is 0 Å². The summed E-state index contributed by atoms with van der Waals surface area (Å²) in [6, 6.07) is 1.84. The summed E-state index contributed by atoms with van der Waals surface area (Å²) in [5.74, 6) is 0.203. The van der Waals surface area contributed by atoms with Crippen molar-refractivity contribution in [2.75, 3.05) is 0 Å². The van der Waals surface area contributed by atoms with Gasteiger partial charge in [0.15, 0.2) is 12.1 Å². The molecule has 1 aliphatic carbocycles. The van der Waals surface area contributed by atoms with E-state index in [2.05, 4.69) is 0 Å². The molecule has 0 radical (unpaired) electrons. The third kappa shape index (κ3) is 1.10. The second kappa shape index (κ2) is 2.83. The molecule has 0 fully saturated rings. The van der Waals surface area contributed by atoms with E-state index in [1.54, 1.807) is 0 Å². The largest absolute Gasteiger partial charge is 0.297 e. The number of rotatable bonds is 1. The molecular formula is C9H8O2S. The fourth-order valence-electron chi connectivity index (χ4n) is 1.48. The van der Waals surface area contributed by atoms with E-state index in [-0.39, 0.29) is 5.78 Å². The summed E-state index contributed by atoms with van der Waals surface area (Å²) in [6.45, 7) is 0. The quantitative estimate of drug-likeness (QED) is 0.620. The van der Waals surface area contributed by atoms with Crippen LogP contribution in [0.15, 0.2) is 6.07 Å². The molecule has 1 aromatic rings. The second-order valence-electron chi connectivity index (χ2n) is 2.90. The van der Waals surface area contributed by atoms with E-state index in [9.17, 15) is 9.59 Å². The fraction of sp³-hybridized carbons (Fsp3) is 0.333. The van der Waals surface area contributed by atoms with Gasteiger partial charge < -0.3 is 0 Å².